The van der Waals surface area contributed by atoms with Gasteiger partial charge >= 0.3 is 11.9 Å². The fourth-order valence-corrected chi connectivity index (χ4v) is 3.68. The molecule has 0 radical (unpaired) electrons. The lowest BCUT2D eigenvalue weighted by atomic mass is 9.83. The summed E-state index contributed by atoms with van der Waals surface area (Å²) in [7, 11) is 0. The zero-order valence-corrected chi connectivity index (χ0v) is 18.9. The van der Waals surface area contributed by atoms with Crippen LogP contribution in [0.4, 0.5) is 0 Å². The zero-order chi connectivity index (χ0) is 22.3. The predicted molar refractivity (Wildman–Crippen MR) is 115 cm³/mol. The standard InChI is InChI=1S/C24H36O6/c1-16(2)9-7-6-8-10-18(23(27)30-24(3,4)5)19(22(25)26)13-17-11-12-20-21(14-17)29-15-28-20/h11-12,14,16,18-19H,6-10,13,15H2,1-5H3,(H,25,26)/t18-,19-/m0/s1. The number of carboxylic acids is 1. The summed E-state index contributed by atoms with van der Waals surface area (Å²) in [5, 5.41) is 9.96. The van der Waals surface area contributed by atoms with E-state index in [1.807, 2.05) is 6.07 Å². The number of aliphatic carboxylic acids is 1. The normalized spacial score (nSPS) is 15.1. The zero-order valence-electron chi connectivity index (χ0n) is 18.9. The van der Waals surface area contributed by atoms with Gasteiger partial charge in [-0.25, -0.2) is 0 Å². The van der Waals surface area contributed by atoms with E-state index in [2.05, 4.69) is 13.8 Å². The summed E-state index contributed by atoms with van der Waals surface area (Å²) in [5.41, 5.74) is 0.148. The molecule has 0 amide bonds. The number of hydrogen-bond donors (Lipinski definition) is 1. The van der Waals surface area contributed by atoms with Crippen LogP contribution in [0.25, 0.3) is 0 Å². The lowest BCUT2D eigenvalue weighted by molar-refractivity contribution is -0.167. The summed E-state index contributed by atoms with van der Waals surface area (Å²) in [4.78, 5) is 25.1. The Morgan fingerprint density at radius 2 is 1.70 bits per heavy atom. The van der Waals surface area contributed by atoms with Gasteiger partial charge in [-0.1, -0.05) is 45.6 Å². The van der Waals surface area contributed by atoms with Crippen molar-refractivity contribution in [2.75, 3.05) is 6.79 Å². The van der Waals surface area contributed by atoms with Gasteiger partial charge in [-0.3, -0.25) is 9.59 Å². The van der Waals surface area contributed by atoms with Gasteiger partial charge in [0.15, 0.2) is 11.5 Å². The van der Waals surface area contributed by atoms with Crippen LogP contribution in [-0.2, 0) is 20.7 Å². The van der Waals surface area contributed by atoms with Crippen LogP contribution in [0.1, 0.15) is 72.3 Å². The van der Waals surface area contributed by atoms with Crippen molar-refractivity contribution in [2.24, 2.45) is 17.8 Å². The average Bonchev–Trinajstić information content (AvgIpc) is 3.09. The molecular weight excluding hydrogens is 384 g/mol. The minimum atomic E-state index is -0.981. The summed E-state index contributed by atoms with van der Waals surface area (Å²) in [6.45, 7) is 9.96. The number of fused-ring (bicyclic) bond motifs is 1. The first-order chi connectivity index (χ1) is 14.1. The molecule has 1 heterocycles. The molecule has 1 aromatic carbocycles. The van der Waals surface area contributed by atoms with Crippen LogP contribution >= 0.6 is 0 Å². The molecule has 2 rings (SSSR count). The lowest BCUT2D eigenvalue weighted by Gasteiger charge is -2.27. The summed E-state index contributed by atoms with van der Waals surface area (Å²) in [6.07, 6.45) is 4.75. The molecule has 0 saturated carbocycles. The molecule has 0 unspecified atom stereocenters. The maximum atomic E-state index is 12.9. The summed E-state index contributed by atoms with van der Waals surface area (Å²) < 4.78 is 16.3. The number of ether oxygens (including phenoxy) is 3. The first-order valence-electron chi connectivity index (χ1n) is 10.9. The second-order valence-electron chi connectivity index (χ2n) is 9.51. The molecule has 1 N–H and O–H groups in total. The average molecular weight is 421 g/mol. The highest BCUT2D eigenvalue weighted by Gasteiger charge is 2.36. The molecule has 0 fully saturated rings. The van der Waals surface area contributed by atoms with Crippen LogP contribution in [0, 0.1) is 17.8 Å². The van der Waals surface area contributed by atoms with Crippen molar-refractivity contribution in [1.29, 1.82) is 0 Å². The van der Waals surface area contributed by atoms with Crippen molar-refractivity contribution in [3.63, 3.8) is 0 Å². The van der Waals surface area contributed by atoms with Crippen molar-refractivity contribution < 1.29 is 28.9 Å². The van der Waals surface area contributed by atoms with Gasteiger partial charge in [-0.05, 0) is 57.2 Å². The molecule has 6 heteroatoms. The topological polar surface area (TPSA) is 82.1 Å². The van der Waals surface area contributed by atoms with E-state index < -0.39 is 29.4 Å². The van der Waals surface area contributed by atoms with Gasteiger partial charge in [0, 0.05) is 0 Å². The van der Waals surface area contributed by atoms with Crippen molar-refractivity contribution in [3.05, 3.63) is 23.8 Å². The van der Waals surface area contributed by atoms with E-state index in [1.54, 1.807) is 32.9 Å². The smallest absolute Gasteiger partial charge is 0.310 e. The van der Waals surface area contributed by atoms with Crippen LogP contribution in [0.2, 0.25) is 0 Å². The molecule has 0 aromatic heterocycles. The Bertz CT molecular complexity index is 719. The minimum absolute atomic E-state index is 0.165. The number of unbranched alkanes of at least 4 members (excludes halogenated alkanes) is 2. The Balaban J connectivity index is 2.13. The lowest BCUT2D eigenvalue weighted by Crippen LogP contribution is -2.36. The number of rotatable bonds is 11. The summed E-state index contributed by atoms with van der Waals surface area (Å²) in [5.74, 6) is -1.05. The van der Waals surface area contributed by atoms with Crippen LogP contribution < -0.4 is 9.47 Å². The number of carbonyl (C=O) groups excluding carboxylic acids is 1. The highest BCUT2D eigenvalue weighted by atomic mass is 16.7. The highest BCUT2D eigenvalue weighted by molar-refractivity contribution is 5.81. The van der Waals surface area contributed by atoms with Crippen LogP contribution in [0.15, 0.2) is 18.2 Å². The maximum Gasteiger partial charge on any atom is 0.310 e. The van der Waals surface area contributed by atoms with Crippen molar-refractivity contribution in [3.8, 4) is 11.5 Å². The Labute approximate surface area is 179 Å². The molecular formula is C24H36O6. The largest absolute Gasteiger partial charge is 0.481 e. The Morgan fingerprint density at radius 1 is 1.03 bits per heavy atom. The van der Waals surface area contributed by atoms with E-state index >= 15 is 0 Å². The van der Waals surface area contributed by atoms with E-state index in [0.717, 1.165) is 31.2 Å². The van der Waals surface area contributed by atoms with Crippen LogP contribution in [-0.4, -0.2) is 29.4 Å². The van der Waals surface area contributed by atoms with Crippen molar-refractivity contribution in [2.45, 2.75) is 78.7 Å². The molecule has 2 atom stereocenters. The second-order valence-corrected chi connectivity index (χ2v) is 9.51. The van der Waals surface area contributed by atoms with Gasteiger partial charge in [-0.2, -0.15) is 0 Å². The minimum Gasteiger partial charge on any atom is -0.481 e. The fourth-order valence-electron chi connectivity index (χ4n) is 3.68. The SMILES string of the molecule is CC(C)CCCCC[C@H](C(=O)OC(C)(C)C)[C@H](Cc1ccc2c(c1)OCO2)C(=O)O. The number of carboxylic acid groups (broad SMARTS) is 1. The Morgan fingerprint density at radius 3 is 2.33 bits per heavy atom. The van der Waals surface area contributed by atoms with Crippen molar-refractivity contribution >= 4 is 11.9 Å². The monoisotopic (exact) mass is 420 g/mol. The highest BCUT2D eigenvalue weighted by Crippen LogP contribution is 2.34. The Hall–Kier alpha value is -2.24. The fraction of sp³-hybridized carbons (Fsp3) is 0.667. The van der Waals surface area contributed by atoms with Gasteiger partial charge in [-0.15, -0.1) is 0 Å². The second kappa shape index (κ2) is 10.7. The third-order valence-corrected chi connectivity index (χ3v) is 5.20. The third-order valence-electron chi connectivity index (χ3n) is 5.20. The molecule has 1 aliphatic rings. The van der Waals surface area contributed by atoms with E-state index in [1.165, 1.54) is 0 Å². The third kappa shape index (κ3) is 7.54. The number of esters is 1. The first-order valence-corrected chi connectivity index (χ1v) is 10.9. The van der Waals surface area contributed by atoms with E-state index in [-0.39, 0.29) is 13.2 Å². The molecule has 30 heavy (non-hydrogen) atoms. The molecule has 1 aliphatic heterocycles. The molecule has 168 valence electrons. The summed E-state index contributed by atoms with van der Waals surface area (Å²) >= 11 is 0. The van der Waals surface area contributed by atoms with Gasteiger partial charge < -0.3 is 19.3 Å². The van der Waals surface area contributed by atoms with Gasteiger partial charge in [0.1, 0.15) is 5.60 Å². The number of benzene rings is 1. The molecule has 6 nitrogen and oxygen atoms in total. The predicted octanol–water partition coefficient (Wildman–Crippen LogP) is 5.22. The van der Waals surface area contributed by atoms with E-state index in [0.29, 0.717) is 23.8 Å². The number of hydrogen-bond acceptors (Lipinski definition) is 5. The van der Waals surface area contributed by atoms with Crippen LogP contribution in [0.3, 0.4) is 0 Å². The summed E-state index contributed by atoms with van der Waals surface area (Å²) in [6, 6.07) is 5.41. The van der Waals surface area contributed by atoms with Gasteiger partial charge in [0.05, 0.1) is 11.8 Å². The number of carbonyl (C=O) groups is 2. The molecule has 1 aromatic rings. The van der Waals surface area contributed by atoms with E-state index in [9.17, 15) is 14.7 Å². The quantitative estimate of drug-likeness (QED) is 0.390. The van der Waals surface area contributed by atoms with Gasteiger partial charge in [0.2, 0.25) is 6.79 Å². The van der Waals surface area contributed by atoms with Gasteiger partial charge in [0.25, 0.3) is 0 Å². The van der Waals surface area contributed by atoms with E-state index in [4.69, 9.17) is 14.2 Å². The molecule has 0 saturated heterocycles. The Kier molecular flexibility index (Phi) is 8.56. The molecule has 0 spiro atoms. The maximum absolute atomic E-state index is 12.9. The van der Waals surface area contributed by atoms with Crippen molar-refractivity contribution in [1.82, 2.24) is 0 Å². The molecule has 0 aliphatic carbocycles. The first kappa shape index (κ1) is 24.0. The van der Waals surface area contributed by atoms with Crippen LogP contribution in [0.5, 0.6) is 11.5 Å². The molecule has 0 bridgehead atoms.